The van der Waals surface area contributed by atoms with E-state index in [1.165, 1.54) is 7.11 Å². The number of nitrogens with zero attached hydrogens (tertiary/aromatic N) is 3. The number of carbonyl (C=O) groups is 1. The van der Waals surface area contributed by atoms with Gasteiger partial charge in [0, 0.05) is 25.2 Å². The van der Waals surface area contributed by atoms with Crippen molar-refractivity contribution in [3.05, 3.63) is 47.9 Å². The van der Waals surface area contributed by atoms with E-state index in [4.69, 9.17) is 9.47 Å². The molecule has 1 aliphatic heterocycles. The second-order valence-electron chi connectivity index (χ2n) is 6.58. The summed E-state index contributed by atoms with van der Waals surface area (Å²) in [5.41, 5.74) is 0.435. The molecule has 6 heteroatoms. The maximum absolute atomic E-state index is 12.6. The first-order valence-electron chi connectivity index (χ1n) is 8.25. The zero-order valence-electron chi connectivity index (χ0n) is 15.0. The van der Waals surface area contributed by atoms with Gasteiger partial charge >= 0.3 is 5.97 Å². The van der Waals surface area contributed by atoms with Gasteiger partial charge in [-0.15, -0.1) is 0 Å². The third kappa shape index (κ3) is 3.16. The number of benzene rings is 1. The number of hydrogen-bond donors (Lipinski definition) is 0. The summed E-state index contributed by atoms with van der Waals surface area (Å²) >= 11 is 0. The van der Waals surface area contributed by atoms with Crippen molar-refractivity contribution in [2.75, 3.05) is 32.2 Å². The smallest absolute Gasteiger partial charge is 0.314 e. The van der Waals surface area contributed by atoms with E-state index in [0.29, 0.717) is 18.9 Å². The average Bonchev–Trinajstić information content (AvgIpc) is 3.00. The van der Waals surface area contributed by atoms with Crippen LogP contribution < -0.4 is 9.64 Å². The Labute approximate surface area is 147 Å². The second-order valence-corrected chi connectivity index (χ2v) is 6.58. The molecule has 0 spiro atoms. The molecule has 1 aromatic heterocycles. The third-order valence-electron chi connectivity index (χ3n) is 4.95. The molecule has 2 heterocycles. The van der Waals surface area contributed by atoms with Gasteiger partial charge < -0.3 is 14.4 Å². The lowest BCUT2D eigenvalue weighted by atomic mass is 9.76. The minimum absolute atomic E-state index is 0.00104. The number of ether oxygens (including phenoxy) is 2. The minimum atomic E-state index is -0.651. The summed E-state index contributed by atoms with van der Waals surface area (Å²) in [6.07, 6.45) is 1.74. The van der Waals surface area contributed by atoms with E-state index in [-0.39, 0.29) is 11.9 Å². The Morgan fingerprint density at radius 2 is 1.96 bits per heavy atom. The van der Waals surface area contributed by atoms with Crippen LogP contribution in [0.25, 0.3) is 0 Å². The van der Waals surface area contributed by atoms with Gasteiger partial charge in [0.25, 0.3) is 0 Å². The summed E-state index contributed by atoms with van der Waals surface area (Å²) in [7, 11) is 3.08. The van der Waals surface area contributed by atoms with E-state index in [0.717, 1.165) is 17.1 Å². The number of esters is 1. The molecular weight excluding hydrogens is 318 g/mol. The number of carbonyl (C=O) groups excluding carboxylic acids is 1. The van der Waals surface area contributed by atoms with Gasteiger partial charge in [0.2, 0.25) is 0 Å². The van der Waals surface area contributed by atoms with Crippen molar-refractivity contribution in [2.45, 2.75) is 19.8 Å². The predicted octanol–water partition coefficient (Wildman–Crippen LogP) is 2.58. The molecule has 0 aliphatic carbocycles. The molecule has 0 amide bonds. The van der Waals surface area contributed by atoms with Crippen LogP contribution in [0.3, 0.4) is 0 Å². The van der Waals surface area contributed by atoms with Crippen LogP contribution in [-0.2, 0) is 9.53 Å². The lowest BCUT2D eigenvalue weighted by Gasteiger charge is -2.27. The van der Waals surface area contributed by atoms with Crippen molar-refractivity contribution < 1.29 is 14.3 Å². The number of hydrogen-bond acceptors (Lipinski definition) is 6. The van der Waals surface area contributed by atoms with Gasteiger partial charge in [-0.3, -0.25) is 4.79 Å². The highest BCUT2D eigenvalue weighted by Crippen LogP contribution is 2.45. The van der Waals surface area contributed by atoms with Gasteiger partial charge in [-0.1, -0.05) is 12.1 Å². The van der Waals surface area contributed by atoms with E-state index in [9.17, 15) is 4.79 Å². The molecule has 0 radical (unpaired) electrons. The van der Waals surface area contributed by atoms with Gasteiger partial charge in [-0.25, -0.2) is 9.97 Å². The van der Waals surface area contributed by atoms with Gasteiger partial charge in [0.15, 0.2) is 0 Å². The van der Waals surface area contributed by atoms with Crippen molar-refractivity contribution in [3.63, 3.8) is 0 Å². The second kappa shape index (κ2) is 6.70. The fourth-order valence-corrected chi connectivity index (χ4v) is 3.54. The van der Waals surface area contributed by atoms with E-state index < -0.39 is 5.41 Å². The molecule has 25 heavy (non-hydrogen) atoms. The lowest BCUT2D eigenvalue weighted by Crippen LogP contribution is -2.36. The molecule has 0 N–H and O–H groups in total. The Bertz CT molecular complexity index is 763. The van der Waals surface area contributed by atoms with Gasteiger partial charge in [-0.05, 0) is 37.6 Å². The minimum Gasteiger partial charge on any atom is -0.497 e. The van der Waals surface area contributed by atoms with Crippen molar-refractivity contribution in [2.24, 2.45) is 5.41 Å². The van der Waals surface area contributed by atoms with Crippen molar-refractivity contribution in [1.82, 2.24) is 9.97 Å². The van der Waals surface area contributed by atoms with Gasteiger partial charge in [0.05, 0.1) is 19.6 Å². The lowest BCUT2D eigenvalue weighted by molar-refractivity contribution is -0.151. The van der Waals surface area contributed by atoms with Gasteiger partial charge in [-0.2, -0.15) is 0 Å². The van der Waals surface area contributed by atoms with E-state index in [1.54, 1.807) is 13.3 Å². The van der Waals surface area contributed by atoms with Crippen LogP contribution in [0.1, 0.15) is 24.2 Å². The highest BCUT2D eigenvalue weighted by Gasteiger charge is 2.50. The molecule has 2 aromatic rings. The van der Waals surface area contributed by atoms with Crippen LogP contribution in [0.2, 0.25) is 0 Å². The number of aromatic nitrogens is 2. The maximum Gasteiger partial charge on any atom is 0.314 e. The summed E-state index contributed by atoms with van der Waals surface area (Å²) in [6.45, 7) is 5.06. The first-order chi connectivity index (χ1) is 12.0. The molecule has 3 rings (SSSR count). The molecular formula is C19H23N3O3. The molecule has 0 saturated carbocycles. The van der Waals surface area contributed by atoms with Crippen molar-refractivity contribution in [3.8, 4) is 5.75 Å². The van der Waals surface area contributed by atoms with Crippen LogP contribution in [0.5, 0.6) is 5.75 Å². The Morgan fingerprint density at radius 3 is 2.56 bits per heavy atom. The summed E-state index contributed by atoms with van der Waals surface area (Å²) in [6, 6.07) is 9.75. The SMILES string of the molecule is COC(=O)[C@]1(C)CN(c2ccnc(C)n2)C[C@H]1c1ccc(OC)cc1. The zero-order chi connectivity index (χ0) is 18.0. The Hall–Kier alpha value is -2.63. The highest BCUT2D eigenvalue weighted by molar-refractivity contribution is 5.80. The maximum atomic E-state index is 12.6. The Balaban J connectivity index is 1.97. The molecule has 1 fully saturated rings. The molecule has 0 unspecified atom stereocenters. The van der Waals surface area contributed by atoms with Crippen LogP contribution in [0, 0.1) is 12.3 Å². The van der Waals surface area contributed by atoms with Gasteiger partial charge in [0.1, 0.15) is 17.4 Å². The standard InChI is InChI=1S/C19H23N3O3/c1-13-20-10-9-17(21-13)22-11-16(19(2,12-22)18(23)25-4)14-5-7-15(24-3)8-6-14/h5-10,16H,11-12H2,1-4H3/t16-,19+/m0/s1. The van der Waals surface area contributed by atoms with Crippen LogP contribution >= 0.6 is 0 Å². The normalized spacial score (nSPS) is 22.7. The monoisotopic (exact) mass is 341 g/mol. The quantitative estimate of drug-likeness (QED) is 0.797. The van der Waals surface area contributed by atoms with E-state index in [1.807, 2.05) is 44.2 Å². The first kappa shape index (κ1) is 17.2. The summed E-state index contributed by atoms with van der Waals surface area (Å²) in [4.78, 5) is 23.4. The van der Waals surface area contributed by atoms with Crippen LogP contribution in [-0.4, -0.2) is 43.2 Å². The van der Waals surface area contributed by atoms with Crippen LogP contribution in [0.4, 0.5) is 5.82 Å². The highest BCUT2D eigenvalue weighted by atomic mass is 16.5. The fourth-order valence-electron chi connectivity index (χ4n) is 3.54. The van der Waals surface area contributed by atoms with Crippen LogP contribution in [0.15, 0.2) is 36.5 Å². The molecule has 1 aliphatic rings. The summed E-state index contributed by atoms with van der Waals surface area (Å²) in [5.74, 6) is 2.14. The fraction of sp³-hybridized carbons (Fsp3) is 0.421. The molecule has 0 bridgehead atoms. The molecule has 1 saturated heterocycles. The molecule has 6 nitrogen and oxygen atoms in total. The number of aryl methyl sites for hydroxylation is 1. The topological polar surface area (TPSA) is 64.5 Å². The predicted molar refractivity (Wildman–Crippen MR) is 94.8 cm³/mol. The van der Waals surface area contributed by atoms with Crippen molar-refractivity contribution >= 4 is 11.8 Å². The summed E-state index contributed by atoms with van der Waals surface area (Å²) < 4.78 is 10.4. The average molecular weight is 341 g/mol. The molecule has 2 atom stereocenters. The zero-order valence-corrected chi connectivity index (χ0v) is 15.0. The molecule has 132 valence electrons. The first-order valence-corrected chi connectivity index (χ1v) is 8.25. The third-order valence-corrected chi connectivity index (χ3v) is 4.95. The summed E-state index contributed by atoms with van der Waals surface area (Å²) in [5, 5.41) is 0. The van der Waals surface area contributed by atoms with E-state index in [2.05, 4.69) is 14.9 Å². The van der Waals surface area contributed by atoms with E-state index >= 15 is 0 Å². The number of anilines is 1. The Kier molecular flexibility index (Phi) is 4.61. The largest absolute Gasteiger partial charge is 0.497 e. The van der Waals surface area contributed by atoms with Crippen molar-refractivity contribution in [1.29, 1.82) is 0 Å². The number of methoxy groups -OCH3 is 2. The number of rotatable bonds is 4. The molecule has 1 aromatic carbocycles. The Morgan fingerprint density at radius 1 is 1.24 bits per heavy atom.